The Morgan fingerprint density at radius 2 is 2.00 bits per heavy atom. The summed E-state index contributed by atoms with van der Waals surface area (Å²) < 4.78 is 0. The maximum atomic E-state index is 11.8. The third kappa shape index (κ3) is 3.52. The van der Waals surface area contributed by atoms with Crippen LogP contribution in [0.15, 0.2) is 47.8 Å². The van der Waals surface area contributed by atoms with Crippen molar-refractivity contribution >= 4 is 17.1 Å². The smallest absolute Gasteiger partial charge is 0.174 e. The van der Waals surface area contributed by atoms with Crippen LogP contribution < -0.4 is 5.32 Å². The SMILES string of the molecule is CC(NCCC(=O)c1cccs1)c1ccccc1. The van der Waals surface area contributed by atoms with Crippen LogP contribution in [0.5, 0.6) is 0 Å². The molecule has 0 saturated heterocycles. The molecule has 0 amide bonds. The van der Waals surface area contributed by atoms with E-state index < -0.39 is 0 Å². The van der Waals surface area contributed by atoms with Gasteiger partial charge in [-0.25, -0.2) is 0 Å². The number of carbonyl (C=O) groups excluding carboxylic acids is 1. The van der Waals surface area contributed by atoms with Gasteiger partial charge in [0, 0.05) is 19.0 Å². The molecule has 2 aromatic rings. The predicted octanol–water partition coefficient (Wildman–Crippen LogP) is 3.67. The highest BCUT2D eigenvalue weighted by atomic mass is 32.1. The van der Waals surface area contributed by atoms with Crippen molar-refractivity contribution in [3.8, 4) is 0 Å². The van der Waals surface area contributed by atoms with Crippen LogP contribution in [-0.2, 0) is 0 Å². The molecule has 1 aromatic heterocycles. The largest absolute Gasteiger partial charge is 0.310 e. The van der Waals surface area contributed by atoms with E-state index in [1.165, 1.54) is 16.9 Å². The number of hydrogen-bond acceptors (Lipinski definition) is 3. The Balaban J connectivity index is 1.77. The predicted molar refractivity (Wildman–Crippen MR) is 76.1 cm³/mol. The zero-order valence-corrected chi connectivity index (χ0v) is 11.2. The van der Waals surface area contributed by atoms with E-state index in [0.29, 0.717) is 13.0 Å². The third-order valence-electron chi connectivity index (χ3n) is 2.90. The van der Waals surface area contributed by atoms with Gasteiger partial charge >= 0.3 is 0 Å². The molecule has 0 aliphatic carbocycles. The Kier molecular flexibility index (Phi) is 4.67. The number of Topliss-reactive ketones (excluding diaryl/α,β-unsaturated/α-hetero) is 1. The van der Waals surface area contributed by atoms with Gasteiger partial charge in [0.25, 0.3) is 0 Å². The highest BCUT2D eigenvalue weighted by Crippen LogP contribution is 2.13. The second-order valence-corrected chi connectivity index (χ2v) is 5.18. The minimum absolute atomic E-state index is 0.220. The Hall–Kier alpha value is -1.45. The molecule has 0 fully saturated rings. The van der Waals surface area contributed by atoms with Crippen molar-refractivity contribution in [2.45, 2.75) is 19.4 Å². The lowest BCUT2D eigenvalue weighted by atomic mass is 10.1. The van der Waals surface area contributed by atoms with E-state index in [0.717, 1.165) is 4.88 Å². The van der Waals surface area contributed by atoms with Crippen LogP contribution in [0.2, 0.25) is 0 Å². The van der Waals surface area contributed by atoms with Crippen LogP contribution in [-0.4, -0.2) is 12.3 Å². The van der Waals surface area contributed by atoms with Crippen LogP contribution in [0, 0.1) is 0 Å². The van der Waals surface area contributed by atoms with Crippen molar-refractivity contribution in [1.82, 2.24) is 5.32 Å². The molecular formula is C15H17NOS. The Morgan fingerprint density at radius 1 is 1.22 bits per heavy atom. The Bertz CT molecular complexity index is 478. The molecular weight excluding hydrogens is 242 g/mol. The maximum absolute atomic E-state index is 11.8. The fourth-order valence-electron chi connectivity index (χ4n) is 1.82. The van der Waals surface area contributed by atoms with Gasteiger partial charge in [-0.3, -0.25) is 4.79 Å². The van der Waals surface area contributed by atoms with Crippen molar-refractivity contribution in [2.75, 3.05) is 6.54 Å². The fraction of sp³-hybridized carbons (Fsp3) is 0.267. The van der Waals surface area contributed by atoms with Crippen molar-refractivity contribution < 1.29 is 4.79 Å². The van der Waals surface area contributed by atoms with Gasteiger partial charge in [0.2, 0.25) is 0 Å². The number of benzene rings is 1. The number of ketones is 1. The quantitative estimate of drug-likeness (QED) is 0.802. The zero-order valence-electron chi connectivity index (χ0n) is 10.4. The van der Waals surface area contributed by atoms with Gasteiger partial charge in [-0.2, -0.15) is 0 Å². The number of thiophene rings is 1. The van der Waals surface area contributed by atoms with Gasteiger partial charge in [-0.15, -0.1) is 11.3 Å². The third-order valence-corrected chi connectivity index (χ3v) is 3.81. The molecule has 1 atom stereocenters. The summed E-state index contributed by atoms with van der Waals surface area (Å²) in [7, 11) is 0. The first-order chi connectivity index (χ1) is 8.77. The van der Waals surface area contributed by atoms with Gasteiger partial charge < -0.3 is 5.32 Å². The molecule has 1 unspecified atom stereocenters. The second-order valence-electron chi connectivity index (χ2n) is 4.24. The molecule has 1 aromatic carbocycles. The first kappa shape index (κ1) is 13.0. The van der Waals surface area contributed by atoms with E-state index in [4.69, 9.17) is 0 Å². The van der Waals surface area contributed by atoms with E-state index in [9.17, 15) is 4.79 Å². The molecule has 0 saturated carbocycles. The first-order valence-corrected chi connectivity index (χ1v) is 7.00. The highest BCUT2D eigenvalue weighted by molar-refractivity contribution is 7.12. The van der Waals surface area contributed by atoms with Crippen molar-refractivity contribution in [3.63, 3.8) is 0 Å². The summed E-state index contributed by atoms with van der Waals surface area (Å²) in [6.45, 7) is 2.83. The van der Waals surface area contributed by atoms with Gasteiger partial charge in [-0.05, 0) is 23.9 Å². The molecule has 3 heteroatoms. The summed E-state index contributed by atoms with van der Waals surface area (Å²) in [5, 5.41) is 5.31. The molecule has 0 aliphatic heterocycles. The second kappa shape index (κ2) is 6.47. The maximum Gasteiger partial charge on any atom is 0.174 e. The molecule has 0 spiro atoms. The molecule has 0 bridgehead atoms. The average molecular weight is 259 g/mol. The standard InChI is InChI=1S/C15H17NOS/c1-12(13-6-3-2-4-7-13)16-10-9-14(17)15-8-5-11-18-15/h2-8,11-12,16H,9-10H2,1H3. The summed E-state index contributed by atoms with van der Waals surface area (Å²) in [5.74, 6) is 0.220. The van der Waals surface area contributed by atoms with Crippen molar-refractivity contribution in [2.24, 2.45) is 0 Å². The molecule has 1 N–H and O–H groups in total. The molecule has 0 aliphatic rings. The minimum atomic E-state index is 0.220. The van der Waals surface area contributed by atoms with E-state index >= 15 is 0 Å². The number of nitrogens with one attached hydrogen (secondary N) is 1. The monoisotopic (exact) mass is 259 g/mol. The molecule has 1 heterocycles. The molecule has 2 rings (SSSR count). The number of carbonyl (C=O) groups is 1. The molecule has 0 radical (unpaired) electrons. The van der Waals surface area contributed by atoms with E-state index in [1.807, 2.05) is 35.7 Å². The Labute approximate surface area is 112 Å². The van der Waals surface area contributed by atoms with E-state index in [2.05, 4.69) is 24.4 Å². The van der Waals surface area contributed by atoms with Crippen LogP contribution in [0.4, 0.5) is 0 Å². The number of rotatable bonds is 6. The fourth-order valence-corrected chi connectivity index (χ4v) is 2.52. The summed E-state index contributed by atoms with van der Waals surface area (Å²) in [5.41, 5.74) is 1.25. The average Bonchev–Trinajstić information content (AvgIpc) is 2.93. The van der Waals surface area contributed by atoms with Gasteiger partial charge in [0.05, 0.1) is 4.88 Å². The lowest BCUT2D eigenvalue weighted by Crippen LogP contribution is -2.21. The van der Waals surface area contributed by atoms with Crippen molar-refractivity contribution in [3.05, 3.63) is 58.3 Å². The van der Waals surface area contributed by atoms with Crippen LogP contribution in [0.1, 0.15) is 34.6 Å². The highest BCUT2D eigenvalue weighted by Gasteiger charge is 2.08. The molecule has 2 nitrogen and oxygen atoms in total. The summed E-state index contributed by atoms with van der Waals surface area (Å²) in [6.07, 6.45) is 0.553. The summed E-state index contributed by atoms with van der Waals surface area (Å²) in [6, 6.07) is 14.3. The van der Waals surface area contributed by atoms with Crippen LogP contribution >= 0.6 is 11.3 Å². The van der Waals surface area contributed by atoms with E-state index in [-0.39, 0.29) is 11.8 Å². The topological polar surface area (TPSA) is 29.1 Å². The Morgan fingerprint density at radius 3 is 2.67 bits per heavy atom. The van der Waals surface area contributed by atoms with Gasteiger partial charge in [0.15, 0.2) is 5.78 Å². The van der Waals surface area contributed by atoms with Crippen molar-refractivity contribution in [1.29, 1.82) is 0 Å². The first-order valence-electron chi connectivity index (χ1n) is 6.12. The van der Waals surface area contributed by atoms with Crippen LogP contribution in [0.3, 0.4) is 0 Å². The van der Waals surface area contributed by atoms with Gasteiger partial charge in [-0.1, -0.05) is 36.4 Å². The van der Waals surface area contributed by atoms with Gasteiger partial charge in [0.1, 0.15) is 0 Å². The lowest BCUT2D eigenvalue weighted by Gasteiger charge is -2.13. The normalized spacial score (nSPS) is 12.3. The lowest BCUT2D eigenvalue weighted by molar-refractivity contribution is 0.0985. The molecule has 18 heavy (non-hydrogen) atoms. The minimum Gasteiger partial charge on any atom is -0.310 e. The van der Waals surface area contributed by atoms with E-state index in [1.54, 1.807) is 0 Å². The summed E-state index contributed by atoms with van der Waals surface area (Å²) >= 11 is 1.51. The number of hydrogen-bond donors (Lipinski definition) is 1. The van der Waals surface area contributed by atoms with Crippen LogP contribution in [0.25, 0.3) is 0 Å². The molecule has 94 valence electrons. The zero-order chi connectivity index (χ0) is 12.8. The summed E-state index contributed by atoms with van der Waals surface area (Å²) in [4.78, 5) is 12.6.